The van der Waals surface area contributed by atoms with Crippen LogP contribution in [0, 0.1) is 0 Å². The van der Waals surface area contributed by atoms with Crippen LogP contribution in [0.15, 0.2) is 18.2 Å². The highest BCUT2D eigenvalue weighted by atomic mass is 35.5. The summed E-state index contributed by atoms with van der Waals surface area (Å²) in [5.74, 6) is -0.130. The molecular weight excluding hydrogens is 252 g/mol. The number of nitrogen functional groups attached to an aromatic ring is 1. The van der Waals surface area contributed by atoms with Crippen molar-refractivity contribution in [3.05, 3.63) is 23.2 Å². The van der Waals surface area contributed by atoms with E-state index in [-0.39, 0.29) is 18.0 Å². The second-order valence-electron chi connectivity index (χ2n) is 3.15. The first-order chi connectivity index (χ1) is 7.44. The molecule has 0 unspecified atom stereocenters. The van der Waals surface area contributed by atoms with E-state index >= 15 is 0 Å². The summed E-state index contributed by atoms with van der Waals surface area (Å²) < 4.78 is 30.1. The van der Waals surface area contributed by atoms with Crippen LogP contribution >= 0.6 is 11.6 Å². The van der Waals surface area contributed by atoms with Crippen LogP contribution in [0.1, 0.15) is 0 Å². The van der Waals surface area contributed by atoms with Gasteiger partial charge >= 0.3 is 0 Å². The number of ether oxygens (including phenoxy) is 1. The molecular formula is C9H13ClN2O3S. The standard InChI is InChI=1S/C9H13ClN2O3S/c1-15-4-5-16(13,14)12-9-6-7(11)2-3-8(9)10/h2-3,6,12H,4-5,11H2,1H3. The highest BCUT2D eigenvalue weighted by Gasteiger charge is 2.12. The molecule has 1 rings (SSSR count). The zero-order chi connectivity index (χ0) is 12.2. The van der Waals surface area contributed by atoms with Gasteiger partial charge in [-0.2, -0.15) is 0 Å². The summed E-state index contributed by atoms with van der Waals surface area (Å²) in [6.45, 7) is 0.120. The van der Waals surface area contributed by atoms with Gasteiger partial charge in [0.15, 0.2) is 0 Å². The van der Waals surface area contributed by atoms with E-state index in [0.717, 1.165) is 0 Å². The Kier molecular flexibility index (Phi) is 4.40. The van der Waals surface area contributed by atoms with Crippen molar-refractivity contribution in [1.82, 2.24) is 0 Å². The third-order valence-electron chi connectivity index (χ3n) is 1.81. The Morgan fingerprint density at radius 2 is 2.19 bits per heavy atom. The van der Waals surface area contributed by atoms with Gasteiger partial charge in [-0.05, 0) is 18.2 Å². The van der Waals surface area contributed by atoms with Crippen molar-refractivity contribution >= 4 is 33.0 Å². The normalized spacial score (nSPS) is 11.4. The molecule has 5 nitrogen and oxygen atoms in total. The number of anilines is 2. The first-order valence-corrected chi connectivity index (χ1v) is 6.52. The smallest absolute Gasteiger partial charge is 0.235 e. The summed E-state index contributed by atoms with van der Waals surface area (Å²) >= 11 is 5.82. The molecule has 0 aliphatic carbocycles. The molecule has 0 amide bonds. The average Bonchev–Trinajstić information content (AvgIpc) is 2.20. The topological polar surface area (TPSA) is 81.4 Å². The Hall–Kier alpha value is -0.980. The van der Waals surface area contributed by atoms with Gasteiger partial charge in [-0.25, -0.2) is 8.42 Å². The predicted octanol–water partition coefficient (Wildman–Crippen LogP) is 1.31. The minimum atomic E-state index is -3.45. The molecule has 1 aromatic rings. The van der Waals surface area contributed by atoms with Crippen molar-refractivity contribution in [1.29, 1.82) is 0 Å². The minimum absolute atomic E-state index is 0.120. The van der Waals surface area contributed by atoms with E-state index in [0.29, 0.717) is 10.7 Å². The van der Waals surface area contributed by atoms with E-state index in [1.165, 1.54) is 19.2 Å². The zero-order valence-corrected chi connectivity index (χ0v) is 10.3. The fourth-order valence-corrected chi connectivity index (χ4v) is 2.25. The fraction of sp³-hybridized carbons (Fsp3) is 0.333. The SMILES string of the molecule is COCCS(=O)(=O)Nc1cc(N)ccc1Cl. The number of hydrogen-bond donors (Lipinski definition) is 2. The number of nitrogens with one attached hydrogen (secondary N) is 1. The summed E-state index contributed by atoms with van der Waals surface area (Å²) in [4.78, 5) is 0. The fourth-order valence-electron chi connectivity index (χ4n) is 1.03. The molecule has 0 heterocycles. The lowest BCUT2D eigenvalue weighted by atomic mass is 10.3. The van der Waals surface area contributed by atoms with E-state index in [2.05, 4.69) is 4.72 Å². The Bertz CT molecular complexity index is 462. The highest BCUT2D eigenvalue weighted by Crippen LogP contribution is 2.24. The number of nitrogens with two attached hydrogens (primary N) is 1. The van der Waals surface area contributed by atoms with E-state index in [4.69, 9.17) is 22.1 Å². The van der Waals surface area contributed by atoms with Crippen molar-refractivity contribution in [2.24, 2.45) is 0 Å². The maximum absolute atomic E-state index is 11.5. The van der Waals surface area contributed by atoms with Crippen LogP contribution in [0.2, 0.25) is 5.02 Å². The van der Waals surface area contributed by atoms with Gasteiger partial charge in [-0.3, -0.25) is 4.72 Å². The summed E-state index contributed by atoms with van der Waals surface area (Å²) in [6, 6.07) is 4.59. The molecule has 0 aliphatic heterocycles. The van der Waals surface area contributed by atoms with Gasteiger partial charge in [0.25, 0.3) is 0 Å². The lowest BCUT2D eigenvalue weighted by Crippen LogP contribution is -2.19. The number of methoxy groups -OCH3 is 1. The molecule has 0 atom stereocenters. The minimum Gasteiger partial charge on any atom is -0.399 e. The van der Waals surface area contributed by atoms with Crippen LogP contribution in [0.3, 0.4) is 0 Å². The first-order valence-electron chi connectivity index (χ1n) is 4.49. The Labute approximate surface area is 99.6 Å². The lowest BCUT2D eigenvalue weighted by molar-refractivity contribution is 0.217. The van der Waals surface area contributed by atoms with Crippen molar-refractivity contribution in [3.63, 3.8) is 0 Å². The molecule has 0 aliphatic rings. The molecule has 0 spiro atoms. The second-order valence-corrected chi connectivity index (χ2v) is 5.40. The van der Waals surface area contributed by atoms with Gasteiger partial charge in [0, 0.05) is 12.8 Å². The van der Waals surface area contributed by atoms with E-state index in [1.807, 2.05) is 0 Å². The predicted molar refractivity (Wildman–Crippen MR) is 65.1 cm³/mol. The summed E-state index contributed by atoms with van der Waals surface area (Å²) in [7, 11) is -2.02. The number of benzene rings is 1. The van der Waals surface area contributed by atoms with Gasteiger partial charge in [-0.1, -0.05) is 11.6 Å². The van der Waals surface area contributed by atoms with Crippen molar-refractivity contribution in [2.45, 2.75) is 0 Å². The molecule has 0 radical (unpaired) electrons. The van der Waals surface area contributed by atoms with E-state index in [9.17, 15) is 8.42 Å². The molecule has 90 valence electrons. The zero-order valence-electron chi connectivity index (χ0n) is 8.73. The maximum atomic E-state index is 11.5. The molecule has 0 aromatic heterocycles. The quantitative estimate of drug-likeness (QED) is 0.786. The van der Waals surface area contributed by atoms with Gasteiger partial charge in [0.05, 0.1) is 23.1 Å². The van der Waals surface area contributed by atoms with E-state index in [1.54, 1.807) is 6.07 Å². The van der Waals surface area contributed by atoms with Crippen molar-refractivity contribution < 1.29 is 13.2 Å². The van der Waals surface area contributed by atoms with Crippen molar-refractivity contribution in [3.8, 4) is 0 Å². The van der Waals surface area contributed by atoms with Crippen LogP contribution in [-0.4, -0.2) is 27.9 Å². The number of hydrogen-bond acceptors (Lipinski definition) is 4. The van der Waals surface area contributed by atoms with Crippen LogP contribution in [0.25, 0.3) is 0 Å². The Balaban J connectivity index is 2.83. The largest absolute Gasteiger partial charge is 0.399 e. The van der Waals surface area contributed by atoms with Crippen molar-refractivity contribution in [2.75, 3.05) is 29.9 Å². The third kappa shape index (κ3) is 3.88. The van der Waals surface area contributed by atoms with Crippen LogP contribution < -0.4 is 10.5 Å². The monoisotopic (exact) mass is 264 g/mol. The summed E-state index contributed by atoms with van der Waals surface area (Å²) in [5, 5.41) is 0.301. The van der Waals surface area contributed by atoms with Crippen LogP contribution in [0.5, 0.6) is 0 Å². The van der Waals surface area contributed by atoms with Gasteiger partial charge < -0.3 is 10.5 Å². The second kappa shape index (κ2) is 5.38. The summed E-state index contributed by atoms with van der Waals surface area (Å²) in [5.41, 5.74) is 6.24. The molecule has 0 bridgehead atoms. The Morgan fingerprint density at radius 1 is 1.50 bits per heavy atom. The molecule has 3 N–H and O–H groups in total. The Morgan fingerprint density at radius 3 is 2.81 bits per heavy atom. The average molecular weight is 265 g/mol. The first kappa shape index (κ1) is 13.1. The lowest BCUT2D eigenvalue weighted by Gasteiger charge is -2.09. The molecule has 0 saturated heterocycles. The van der Waals surface area contributed by atoms with Crippen LogP contribution in [-0.2, 0) is 14.8 Å². The number of halogens is 1. The van der Waals surface area contributed by atoms with Gasteiger partial charge in [0.1, 0.15) is 0 Å². The third-order valence-corrected chi connectivity index (χ3v) is 3.38. The molecule has 0 fully saturated rings. The molecule has 1 aromatic carbocycles. The van der Waals surface area contributed by atoms with Gasteiger partial charge in [-0.15, -0.1) is 0 Å². The van der Waals surface area contributed by atoms with E-state index < -0.39 is 10.0 Å². The maximum Gasteiger partial charge on any atom is 0.235 e. The molecule has 16 heavy (non-hydrogen) atoms. The summed E-state index contributed by atoms with van der Waals surface area (Å²) in [6.07, 6.45) is 0. The number of rotatable bonds is 5. The van der Waals surface area contributed by atoms with Gasteiger partial charge in [0.2, 0.25) is 10.0 Å². The highest BCUT2D eigenvalue weighted by molar-refractivity contribution is 7.92. The molecule has 7 heteroatoms. The molecule has 0 saturated carbocycles. The number of sulfonamides is 1. The van der Waals surface area contributed by atoms with Crippen LogP contribution in [0.4, 0.5) is 11.4 Å².